The van der Waals surface area contributed by atoms with Crippen LogP contribution in [0.25, 0.3) is 21.8 Å². The number of methoxy groups -OCH3 is 1. The summed E-state index contributed by atoms with van der Waals surface area (Å²) < 4.78 is 91.3. The third-order valence-electron chi connectivity index (χ3n) is 8.34. The summed E-state index contributed by atoms with van der Waals surface area (Å²) in [5.41, 5.74) is 3.08. The maximum atomic E-state index is 14.2. The van der Waals surface area contributed by atoms with E-state index in [1.807, 2.05) is 13.8 Å². The van der Waals surface area contributed by atoms with Gasteiger partial charge in [-0.3, -0.25) is 4.18 Å². The van der Waals surface area contributed by atoms with E-state index in [1.165, 1.54) is 31.4 Å². The van der Waals surface area contributed by atoms with Gasteiger partial charge in [0.2, 0.25) is 11.0 Å². The number of para-hydroxylation sites is 1. The zero-order valence-electron chi connectivity index (χ0n) is 29.5. The summed E-state index contributed by atoms with van der Waals surface area (Å²) in [6.07, 6.45) is -7.92. The summed E-state index contributed by atoms with van der Waals surface area (Å²) in [4.78, 5) is 26.3. The topological polar surface area (TPSA) is 109 Å². The van der Waals surface area contributed by atoms with Crippen molar-refractivity contribution in [1.82, 2.24) is 0 Å². The number of rotatable bonds is 12. The number of pyridine rings is 1. The van der Waals surface area contributed by atoms with E-state index in [2.05, 4.69) is 0 Å². The van der Waals surface area contributed by atoms with Gasteiger partial charge in [0, 0.05) is 18.6 Å². The van der Waals surface area contributed by atoms with Crippen LogP contribution in [-0.4, -0.2) is 45.5 Å². The molecule has 0 aliphatic heterocycles. The van der Waals surface area contributed by atoms with Gasteiger partial charge in [-0.05, 0) is 81.6 Å². The Balaban J connectivity index is 1.53. The molecule has 5 rings (SSSR count). The number of halogens is 3. The summed E-state index contributed by atoms with van der Waals surface area (Å²) in [5.74, 6) is -1.17. The van der Waals surface area contributed by atoms with Crippen molar-refractivity contribution in [1.29, 1.82) is 0 Å². The van der Waals surface area contributed by atoms with Crippen LogP contribution >= 0.6 is 0 Å². The SMILES string of the molecule is COC(=O)c1cc(C)c(OC(=O)c2c3ccccc3[n+](CCCS(=O)(=O)OC(c3ccc(C)cc3)C(F)(F)F)c3ccc(OC(C)C)cc23)c(C)c1. The molecule has 0 spiro atoms. The van der Waals surface area contributed by atoms with Gasteiger partial charge >= 0.3 is 18.1 Å². The van der Waals surface area contributed by atoms with Crippen LogP contribution in [0, 0.1) is 20.8 Å². The van der Waals surface area contributed by atoms with Gasteiger partial charge in [0.25, 0.3) is 10.1 Å². The highest BCUT2D eigenvalue weighted by Crippen LogP contribution is 2.37. The minimum absolute atomic E-state index is 0.0493. The molecule has 9 nitrogen and oxygen atoms in total. The molecule has 4 aromatic carbocycles. The number of ether oxygens (including phenoxy) is 3. The molecule has 0 fully saturated rings. The van der Waals surface area contributed by atoms with Gasteiger partial charge in [-0.1, -0.05) is 42.0 Å². The maximum absolute atomic E-state index is 14.2. The first-order chi connectivity index (χ1) is 24.5. The fraction of sp³-hybridized carbons (Fsp3) is 0.308. The number of esters is 2. The monoisotopic (exact) mass is 738 g/mol. The van der Waals surface area contributed by atoms with E-state index in [-0.39, 0.29) is 35.9 Å². The molecular formula is C39H39F3NO8S+. The molecule has 0 saturated carbocycles. The summed E-state index contributed by atoms with van der Waals surface area (Å²) in [6.45, 7) is 8.88. The summed E-state index contributed by atoms with van der Waals surface area (Å²) in [6, 6.07) is 20.6. The summed E-state index contributed by atoms with van der Waals surface area (Å²) in [7, 11) is -3.37. The molecule has 52 heavy (non-hydrogen) atoms. The fourth-order valence-corrected chi connectivity index (χ4v) is 7.17. The van der Waals surface area contributed by atoms with E-state index in [9.17, 15) is 31.2 Å². The molecule has 1 unspecified atom stereocenters. The molecule has 0 radical (unpaired) electrons. The second-order valence-electron chi connectivity index (χ2n) is 12.8. The van der Waals surface area contributed by atoms with E-state index < -0.39 is 40.1 Å². The molecule has 1 aromatic heterocycles. The van der Waals surface area contributed by atoms with Crippen molar-refractivity contribution < 1.29 is 54.1 Å². The molecule has 0 amide bonds. The van der Waals surface area contributed by atoms with Gasteiger partial charge in [-0.15, -0.1) is 0 Å². The number of alkyl halides is 3. The second kappa shape index (κ2) is 15.3. The lowest BCUT2D eigenvalue weighted by atomic mass is 10.0. The van der Waals surface area contributed by atoms with E-state index >= 15 is 0 Å². The van der Waals surface area contributed by atoms with Gasteiger partial charge in [-0.25, -0.2) is 9.59 Å². The van der Waals surface area contributed by atoms with Gasteiger partial charge in [0.15, 0.2) is 12.6 Å². The maximum Gasteiger partial charge on any atom is 0.420 e. The normalized spacial score (nSPS) is 12.7. The average molecular weight is 739 g/mol. The Morgan fingerprint density at radius 3 is 2.08 bits per heavy atom. The Hall–Kier alpha value is -5.01. The van der Waals surface area contributed by atoms with Crippen LogP contribution in [0.2, 0.25) is 0 Å². The Bertz CT molecular complexity index is 2230. The molecule has 0 bridgehead atoms. The van der Waals surface area contributed by atoms with Crippen molar-refractivity contribution >= 4 is 43.9 Å². The van der Waals surface area contributed by atoms with Crippen molar-refractivity contribution in [3.05, 3.63) is 112 Å². The van der Waals surface area contributed by atoms with E-state index in [1.54, 1.807) is 79.9 Å². The molecule has 0 N–H and O–H groups in total. The number of aromatic nitrogens is 1. The van der Waals surface area contributed by atoms with Crippen molar-refractivity contribution in [3.8, 4) is 11.5 Å². The number of carbonyl (C=O) groups is 2. The fourth-order valence-electron chi connectivity index (χ4n) is 6.08. The molecule has 1 atom stereocenters. The zero-order valence-corrected chi connectivity index (χ0v) is 30.4. The quantitative estimate of drug-likeness (QED) is 0.0416. The third-order valence-corrected chi connectivity index (χ3v) is 9.62. The van der Waals surface area contributed by atoms with Crippen molar-refractivity contribution in [2.75, 3.05) is 12.9 Å². The first-order valence-electron chi connectivity index (χ1n) is 16.5. The van der Waals surface area contributed by atoms with Crippen LogP contribution in [-0.2, 0) is 25.6 Å². The second-order valence-corrected chi connectivity index (χ2v) is 14.5. The molecule has 13 heteroatoms. The van der Waals surface area contributed by atoms with Gasteiger partial charge in [-0.2, -0.15) is 26.2 Å². The number of benzene rings is 4. The number of hydrogen-bond donors (Lipinski definition) is 0. The van der Waals surface area contributed by atoms with Crippen molar-refractivity contribution in [3.63, 3.8) is 0 Å². The molecule has 0 aliphatic rings. The third kappa shape index (κ3) is 8.54. The van der Waals surface area contributed by atoms with Crippen LogP contribution in [0.15, 0.2) is 78.9 Å². The first-order valence-corrected chi connectivity index (χ1v) is 18.1. The van der Waals surface area contributed by atoms with E-state index in [0.717, 1.165) is 0 Å². The Labute approximate surface area is 300 Å². The minimum Gasteiger partial charge on any atom is -0.491 e. The highest BCUT2D eigenvalue weighted by atomic mass is 32.2. The number of carbonyl (C=O) groups excluding carboxylic acids is 2. The van der Waals surface area contributed by atoms with Gasteiger partial charge < -0.3 is 14.2 Å². The Morgan fingerprint density at radius 1 is 0.827 bits per heavy atom. The molecule has 0 saturated heterocycles. The van der Waals surface area contributed by atoms with Gasteiger partial charge in [0.05, 0.1) is 40.9 Å². The molecule has 1 heterocycles. The standard InChI is InChI=1S/C39H39F3NO8S/c1-23(2)49-29-16-17-33-31(22-29)34(38(45)50-35-25(4)20-28(21-26(35)5)37(44)48-6)30-10-7-8-11-32(30)43(33)18-9-19-52(46,47)51-36(39(40,41)42)27-14-12-24(3)13-15-27/h7-8,10-17,20-23,36H,9,18-19H2,1-6H3/q+1. The van der Waals surface area contributed by atoms with Crippen LogP contribution in [0.5, 0.6) is 11.5 Å². The molecule has 5 aromatic rings. The number of fused-ring (bicyclic) bond motifs is 2. The van der Waals surface area contributed by atoms with Crippen molar-refractivity contribution in [2.24, 2.45) is 0 Å². The number of aryl methyl sites for hydroxylation is 4. The number of nitrogens with zero attached hydrogens (tertiary/aromatic N) is 1. The molecule has 0 aliphatic carbocycles. The predicted octanol–water partition coefficient (Wildman–Crippen LogP) is 8.04. The van der Waals surface area contributed by atoms with Crippen molar-refractivity contribution in [2.45, 2.75) is 66.0 Å². The van der Waals surface area contributed by atoms with Crippen LogP contribution in [0.3, 0.4) is 0 Å². The smallest absolute Gasteiger partial charge is 0.420 e. The Morgan fingerprint density at radius 2 is 1.46 bits per heavy atom. The number of hydrogen-bond acceptors (Lipinski definition) is 8. The van der Waals surface area contributed by atoms with Crippen LogP contribution in [0.4, 0.5) is 13.2 Å². The lowest BCUT2D eigenvalue weighted by Crippen LogP contribution is -2.38. The largest absolute Gasteiger partial charge is 0.491 e. The Kier molecular flexibility index (Phi) is 11.3. The average Bonchev–Trinajstić information content (AvgIpc) is 3.07. The zero-order chi connectivity index (χ0) is 38.0. The lowest BCUT2D eigenvalue weighted by molar-refractivity contribution is -0.645. The first kappa shape index (κ1) is 38.2. The van der Waals surface area contributed by atoms with Crippen LogP contribution in [0.1, 0.15) is 69.3 Å². The van der Waals surface area contributed by atoms with Crippen LogP contribution < -0.4 is 14.0 Å². The van der Waals surface area contributed by atoms with E-state index in [4.69, 9.17) is 18.4 Å². The minimum atomic E-state index is -4.97. The predicted molar refractivity (Wildman–Crippen MR) is 189 cm³/mol. The highest BCUT2D eigenvalue weighted by molar-refractivity contribution is 7.86. The molecular weight excluding hydrogens is 699 g/mol. The lowest BCUT2D eigenvalue weighted by Gasteiger charge is -2.21. The highest BCUT2D eigenvalue weighted by Gasteiger charge is 2.45. The summed E-state index contributed by atoms with van der Waals surface area (Å²) >= 11 is 0. The van der Waals surface area contributed by atoms with E-state index in [0.29, 0.717) is 49.8 Å². The van der Waals surface area contributed by atoms with Gasteiger partial charge in [0.1, 0.15) is 11.5 Å². The summed E-state index contributed by atoms with van der Waals surface area (Å²) in [5, 5.41) is 0.928. The molecule has 274 valence electrons.